The van der Waals surface area contributed by atoms with Gasteiger partial charge in [-0.3, -0.25) is 4.90 Å². The Bertz CT molecular complexity index is 769. The molecule has 8 heteroatoms. The van der Waals surface area contributed by atoms with Crippen molar-refractivity contribution in [3.63, 3.8) is 0 Å². The Kier molecular flexibility index (Phi) is 6.99. The van der Waals surface area contributed by atoms with Crippen molar-refractivity contribution in [1.82, 2.24) is 9.80 Å². The van der Waals surface area contributed by atoms with E-state index in [0.29, 0.717) is 5.92 Å². The number of carbonyl (C=O) groups excluding carboxylic acids is 1. The Labute approximate surface area is 203 Å². The molecule has 4 aliphatic heterocycles. The van der Waals surface area contributed by atoms with Crippen LogP contribution in [0.4, 0.5) is 4.79 Å². The first-order valence-corrected chi connectivity index (χ1v) is 13.1. The van der Waals surface area contributed by atoms with Gasteiger partial charge in [-0.1, -0.05) is 11.6 Å². The fourth-order valence-electron chi connectivity index (χ4n) is 6.37. The first kappa shape index (κ1) is 24.5. The van der Waals surface area contributed by atoms with Crippen LogP contribution in [0.15, 0.2) is 11.6 Å². The molecule has 0 aromatic rings. The van der Waals surface area contributed by atoms with Crippen LogP contribution in [0, 0.1) is 11.8 Å². The Morgan fingerprint density at radius 2 is 1.94 bits per heavy atom. The lowest BCUT2D eigenvalue weighted by Crippen LogP contribution is -2.57. The molecule has 0 N–H and O–H groups in total. The fourth-order valence-corrected chi connectivity index (χ4v) is 6.37. The fraction of sp³-hybridized carbons (Fsp3) is 0.885. The Balaban J connectivity index is 1.14. The lowest BCUT2D eigenvalue weighted by Gasteiger charge is -2.44. The second kappa shape index (κ2) is 9.69. The number of carbonyl (C=O) groups is 1. The second-order valence-electron chi connectivity index (χ2n) is 11.3. The number of morpholine rings is 1. The van der Waals surface area contributed by atoms with Gasteiger partial charge < -0.3 is 28.6 Å². The summed E-state index contributed by atoms with van der Waals surface area (Å²) in [5.41, 5.74) is 0.793. The van der Waals surface area contributed by atoms with Crippen molar-refractivity contribution < 1.29 is 28.5 Å². The molecule has 34 heavy (non-hydrogen) atoms. The minimum Gasteiger partial charge on any atom is -0.443 e. The summed E-state index contributed by atoms with van der Waals surface area (Å²) in [6, 6.07) is 0. The molecule has 1 amide bonds. The normalized spacial score (nSPS) is 40.1. The van der Waals surface area contributed by atoms with Crippen LogP contribution < -0.4 is 0 Å². The van der Waals surface area contributed by atoms with E-state index >= 15 is 0 Å². The van der Waals surface area contributed by atoms with Crippen molar-refractivity contribution in [3.05, 3.63) is 11.6 Å². The second-order valence-corrected chi connectivity index (χ2v) is 11.3. The molecular formula is C26H42N2O6. The minimum atomic E-state index is -0.310. The highest BCUT2D eigenvalue weighted by Gasteiger charge is 2.72. The Morgan fingerprint density at radius 1 is 1.21 bits per heavy atom. The summed E-state index contributed by atoms with van der Waals surface area (Å²) in [4.78, 5) is 17.2. The van der Waals surface area contributed by atoms with Crippen molar-refractivity contribution in [3.8, 4) is 0 Å². The molecule has 1 spiro atoms. The number of allylic oxidation sites excluding steroid dienone is 1. The third kappa shape index (κ3) is 4.89. The zero-order valence-electron chi connectivity index (χ0n) is 21.3. The van der Waals surface area contributed by atoms with Gasteiger partial charge in [0.1, 0.15) is 23.4 Å². The quantitative estimate of drug-likeness (QED) is 0.392. The average molecular weight is 479 g/mol. The summed E-state index contributed by atoms with van der Waals surface area (Å²) >= 11 is 0. The molecule has 4 saturated heterocycles. The SMILES string of the molecule is COC1[C@H](OC(=O)N2CC(CCN3CCOCC3)C2)CC[C@]2(CO2)[C@H]1[C@@]1(C)O[C@@H]1CC=C(C)C. The number of methoxy groups -OCH3 is 1. The van der Waals surface area contributed by atoms with E-state index in [9.17, 15) is 4.79 Å². The lowest BCUT2D eigenvalue weighted by atomic mass is 9.68. The van der Waals surface area contributed by atoms with Gasteiger partial charge in [0, 0.05) is 33.3 Å². The maximum atomic E-state index is 12.9. The maximum absolute atomic E-state index is 12.9. The molecule has 192 valence electrons. The molecule has 0 aromatic carbocycles. The number of ether oxygens (including phenoxy) is 5. The smallest absolute Gasteiger partial charge is 0.410 e. The molecular weight excluding hydrogens is 436 g/mol. The number of likely N-dealkylation sites (tertiary alicyclic amines) is 1. The van der Waals surface area contributed by atoms with Crippen LogP contribution in [-0.4, -0.2) is 105 Å². The van der Waals surface area contributed by atoms with Crippen LogP contribution in [0.2, 0.25) is 0 Å². The van der Waals surface area contributed by atoms with E-state index in [1.54, 1.807) is 7.11 Å². The highest BCUT2D eigenvalue weighted by atomic mass is 16.6. The van der Waals surface area contributed by atoms with Gasteiger partial charge >= 0.3 is 6.09 Å². The molecule has 0 radical (unpaired) electrons. The predicted molar refractivity (Wildman–Crippen MR) is 127 cm³/mol. The standard InChI is InChI=1S/C26H42N2O6/c1-18(2)5-6-21-25(3,34-21)23-22(30-4)20(7-9-26(23)17-32-26)33-24(29)28-15-19(16-28)8-10-27-11-13-31-14-12-27/h5,19-23H,6-17H2,1-4H3/t20-,21-,22?,23-,25+,26+/m1/s1. The number of epoxide rings is 2. The van der Waals surface area contributed by atoms with Crippen molar-refractivity contribution in [2.45, 2.75) is 76.0 Å². The zero-order chi connectivity index (χ0) is 23.9. The molecule has 1 aliphatic carbocycles. The first-order valence-electron chi connectivity index (χ1n) is 13.1. The van der Waals surface area contributed by atoms with Gasteiger partial charge in [-0.05, 0) is 58.9 Å². The Morgan fingerprint density at radius 3 is 2.59 bits per heavy atom. The average Bonchev–Trinajstić information content (AvgIpc) is 3.70. The van der Waals surface area contributed by atoms with Gasteiger partial charge in [0.15, 0.2) is 0 Å². The predicted octanol–water partition coefficient (Wildman–Crippen LogP) is 2.85. The van der Waals surface area contributed by atoms with Crippen LogP contribution in [-0.2, 0) is 23.7 Å². The maximum Gasteiger partial charge on any atom is 0.410 e. The summed E-state index contributed by atoms with van der Waals surface area (Å²) in [5.74, 6) is 0.621. The molecule has 8 nitrogen and oxygen atoms in total. The number of amides is 1. The summed E-state index contributed by atoms with van der Waals surface area (Å²) < 4.78 is 29.8. The number of hydrogen-bond donors (Lipinski definition) is 0. The van der Waals surface area contributed by atoms with Crippen LogP contribution in [0.5, 0.6) is 0 Å². The van der Waals surface area contributed by atoms with Crippen LogP contribution in [0.1, 0.15) is 46.5 Å². The molecule has 5 aliphatic rings. The van der Waals surface area contributed by atoms with Gasteiger partial charge in [-0.2, -0.15) is 0 Å². The van der Waals surface area contributed by atoms with Gasteiger partial charge in [0.05, 0.1) is 31.8 Å². The molecule has 1 saturated carbocycles. The number of nitrogens with zero attached hydrogens (tertiary/aromatic N) is 2. The third-order valence-corrected chi connectivity index (χ3v) is 8.66. The van der Waals surface area contributed by atoms with Gasteiger partial charge in [0.25, 0.3) is 0 Å². The van der Waals surface area contributed by atoms with Crippen molar-refractivity contribution in [2.24, 2.45) is 11.8 Å². The summed E-state index contributed by atoms with van der Waals surface area (Å²) in [6.45, 7) is 13.5. The van der Waals surface area contributed by atoms with Crippen molar-refractivity contribution in [1.29, 1.82) is 0 Å². The van der Waals surface area contributed by atoms with E-state index in [0.717, 1.165) is 78.2 Å². The lowest BCUT2D eigenvalue weighted by molar-refractivity contribution is -0.124. The van der Waals surface area contributed by atoms with E-state index in [1.807, 2.05) is 4.90 Å². The van der Waals surface area contributed by atoms with E-state index in [1.165, 1.54) is 5.57 Å². The zero-order valence-corrected chi connectivity index (χ0v) is 21.3. The van der Waals surface area contributed by atoms with Gasteiger partial charge in [-0.25, -0.2) is 4.79 Å². The van der Waals surface area contributed by atoms with Crippen LogP contribution in [0.3, 0.4) is 0 Å². The summed E-state index contributed by atoms with van der Waals surface area (Å²) in [5, 5.41) is 0. The first-order chi connectivity index (χ1) is 16.3. The van der Waals surface area contributed by atoms with Crippen molar-refractivity contribution >= 4 is 6.09 Å². The topological polar surface area (TPSA) is 76.3 Å². The number of hydrogen-bond acceptors (Lipinski definition) is 7. The summed E-state index contributed by atoms with van der Waals surface area (Å²) in [7, 11) is 1.72. The minimum absolute atomic E-state index is 0.0600. The third-order valence-electron chi connectivity index (χ3n) is 8.66. The van der Waals surface area contributed by atoms with E-state index in [4.69, 9.17) is 23.7 Å². The van der Waals surface area contributed by atoms with Gasteiger partial charge in [-0.15, -0.1) is 0 Å². The largest absolute Gasteiger partial charge is 0.443 e. The van der Waals surface area contributed by atoms with Crippen molar-refractivity contribution in [2.75, 3.05) is 59.7 Å². The highest BCUT2D eigenvalue weighted by molar-refractivity contribution is 5.69. The monoisotopic (exact) mass is 478 g/mol. The van der Waals surface area contributed by atoms with E-state index in [2.05, 4.69) is 31.7 Å². The number of rotatable bonds is 8. The van der Waals surface area contributed by atoms with E-state index < -0.39 is 0 Å². The molecule has 0 aromatic heterocycles. The highest BCUT2D eigenvalue weighted by Crippen LogP contribution is 2.59. The molecule has 4 heterocycles. The molecule has 6 atom stereocenters. The summed E-state index contributed by atoms with van der Waals surface area (Å²) in [6.07, 6.45) is 5.36. The molecule has 5 fully saturated rings. The van der Waals surface area contributed by atoms with E-state index in [-0.39, 0.29) is 41.5 Å². The Hall–Kier alpha value is -1.19. The molecule has 0 bridgehead atoms. The van der Waals surface area contributed by atoms with Gasteiger partial charge in [0.2, 0.25) is 0 Å². The molecule has 5 rings (SSSR count). The molecule has 1 unspecified atom stereocenters. The van der Waals surface area contributed by atoms with Crippen LogP contribution in [0.25, 0.3) is 0 Å². The van der Waals surface area contributed by atoms with Crippen LogP contribution >= 0.6 is 0 Å².